The van der Waals surface area contributed by atoms with Crippen molar-refractivity contribution < 1.29 is 9.47 Å². The summed E-state index contributed by atoms with van der Waals surface area (Å²) in [5.41, 5.74) is 2.77. The van der Waals surface area contributed by atoms with Gasteiger partial charge < -0.3 is 9.47 Å². The van der Waals surface area contributed by atoms with E-state index in [1.54, 1.807) is 7.11 Å². The molecule has 2 atom stereocenters. The van der Waals surface area contributed by atoms with Gasteiger partial charge in [0.1, 0.15) is 11.9 Å². The lowest BCUT2D eigenvalue weighted by Gasteiger charge is -2.12. The maximum atomic E-state index is 5.54. The van der Waals surface area contributed by atoms with Crippen LogP contribution >= 0.6 is 0 Å². The number of hydrogen-bond donors (Lipinski definition) is 0. The zero-order valence-electron chi connectivity index (χ0n) is 7.62. The molecule has 1 aliphatic heterocycles. The molecule has 13 heavy (non-hydrogen) atoms. The Morgan fingerprint density at radius 1 is 1.46 bits per heavy atom. The van der Waals surface area contributed by atoms with E-state index in [1.807, 2.05) is 6.07 Å². The molecule has 1 aromatic carbocycles. The zero-order valence-corrected chi connectivity index (χ0v) is 7.62. The van der Waals surface area contributed by atoms with E-state index in [0.29, 0.717) is 12.2 Å². The summed E-state index contributed by atoms with van der Waals surface area (Å²) >= 11 is 0. The minimum atomic E-state index is 0.398. The second-order valence-electron chi connectivity index (χ2n) is 3.70. The first-order valence-corrected chi connectivity index (χ1v) is 4.71. The third-order valence-electron chi connectivity index (χ3n) is 2.94. The van der Waals surface area contributed by atoms with Crippen LogP contribution in [-0.4, -0.2) is 13.2 Å². The van der Waals surface area contributed by atoms with Crippen LogP contribution in [0.4, 0.5) is 0 Å². The van der Waals surface area contributed by atoms with Crippen molar-refractivity contribution in [3.05, 3.63) is 29.3 Å². The standard InChI is InChI=1S/C11H12O2/c1-12-8-3-4-9-7(6-8)2-5-10-11(9)13-10/h3-4,6,10-11H,2,5H2,1H3. The van der Waals surface area contributed by atoms with E-state index >= 15 is 0 Å². The normalized spacial score (nSPS) is 29.0. The molecular formula is C11H12O2. The molecular weight excluding hydrogens is 164 g/mol. The highest BCUT2D eigenvalue weighted by molar-refractivity contribution is 5.41. The average Bonchev–Trinajstić information content (AvgIpc) is 2.95. The molecule has 0 radical (unpaired) electrons. The van der Waals surface area contributed by atoms with E-state index in [9.17, 15) is 0 Å². The molecule has 2 unspecified atom stereocenters. The Bertz CT molecular complexity index is 346. The fourth-order valence-corrected chi connectivity index (χ4v) is 2.14. The summed E-state index contributed by atoms with van der Waals surface area (Å²) in [6.45, 7) is 0. The summed E-state index contributed by atoms with van der Waals surface area (Å²) in [6.07, 6.45) is 3.22. The first-order chi connectivity index (χ1) is 6.38. The van der Waals surface area contributed by atoms with Gasteiger partial charge in [-0.15, -0.1) is 0 Å². The molecule has 0 aromatic heterocycles. The molecule has 0 bridgehead atoms. The fourth-order valence-electron chi connectivity index (χ4n) is 2.14. The van der Waals surface area contributed by atoms with Crippen LogP contribution in [0.1, 0.15) is 23.7 Å². The number of methoxy groups -OCH3 is 1. The van der Waals surface area contributed by atoms with E-state index in [2.05, 4.69) is 12.1 Å². The molecule has 0 N–H and O–H groups in total. The molecule has 2 nitrogen and oxygen atoms in total. The van der Waals surface area contributed by atoms with Gasteiger partial charge >= 0.3 is 0 Å². The molecule has 1 fully saturated rings. The van der Waals surface area contributed by atoms with E-state index in [-0.39, 0.29) is 0 Å². The van der Waals surface area contributed by atoms with Gasteiger partial charge in [-0.05, 0) is 36.1 Å². The highest BCUT2D eigenvalue weighted by Crippen LogP contribution is 2.47. The Hall–Kier alpha value is -1.02. The number of ether oxygens (including phenoxy) is 2. The van der Waals surface area contributed by atoms with Gasteiger partial charge in [0.25, 0.3) is 0 Å². The Balaban J connectivity index is 2.04. The fraction of sp³-hybridized carbons (Fsp3) is 0.455. The third-order valence-corrected chi connectivity index (χ3v) is 2.94. The minimum Gasteiger partial charge on any atom is -0.497 e. The first-order valence-electron chi connectivity index (χ1n) is 4.71. The summed E-state index contributed by atoms with van der Waals surface area (Å²) in [6, 6.07) is 6.29. The first kappa shape index (κ1) is 7.39. The zero-order chi connectivity index (χ0) is 8.84. The van der Waals surface area contributed by atoms with Crippen molar-refractivity contribution in [2.24, 2.45) is 0 Å². The largest absolute Gasteiger partial charge is 0.497 e. The van der Waals surface area contributed by atoms with Crippen LogP contribution in [0, 0.1) is 0 Å². The molecule has 2 aliphatic rings. The summed E-state index contributed by atoms with van der Waals surface area (Å²) < 4.78 is 10.7. The van der Waals surface area contributed by atoms with Crippen LogP contribution in [0.2, 0.25) is 0 Å². The number of hydrogen-bond acceptors (Lipinski definition) is 2. The van der Waals surface area contributed by atoms with Gasteiger partial charge in [-0.1, -0.05) is 6.07 Å². The van der Waals surface area contributed by atoms with Crippen LogP contribution in [0.25, 0.3) is 0 Å². The lowest BCUT2D eigenvalue weighted by Crippen LogP contribution is -2.04. The van der Waals surface area contributed by atoms with E-state index in [0.717, 1.165) is 12.2 Å². The Morgan fingerprint density at radius 2 is 2.38 bits per heavy atom. The Kier molecular flexibility index (Phi) is 1.41. The van der Waals surface area contributed by atoms with Gasteiger partial charge in [0, 0.05) is 0 Å². The molecule has 1 saturated heterocycles. The molecule has 68 valence electrons. The quantitative estimate of drug-likeness (QED) is 0.611. The van der Waals surface area contributed by atoms with Crippen LogP contribution in [0.3, 0.4) is 0 Å². The van der Waals surface area contributed by atoms with Crippen molar-refractivity contribution in [3.63, 3.8) is 0 Å². The smallest absolute Gasteiger partial charge is 0.119 e. The third kappa shape index (κ3) is 1.05. The second-order valence-corrected chi connectivity index (χ2v) is 3.70. The molecule has 1 aliphatic carbocycles. The topological polar surface area (TPSA) is 21.8 Å². The number of epoxide rings is 1. The molecule has 0 spiro atoms. The monoisotopic (exact) mass is 176 g/mol. The lowest BCUT2D eigenvalue weighted by molar-refractivity contribution is 0.372. The Labute approximate surface area is 77.5 Å². The van der Waals surface area contributed by atoms with Crippen LogP contribution < -0.4 is 4.74 Å². The minimum absolute atomic E-state index is 0.398. The molecule has 0 amide bonds. The van der Waals surface area contributed by atoms with Gasteiger partial charge in [0.05, 0.1) is 13.2 Å². The summed E-state index contributed by atoms with van der Waals surface area (Å²) in [5, 5.41) is 0. The number of fused-ring (bicyclic) bond motifs is 3. The molecule has 3 rings (SSSR count). The van der Waals surface area contributed by atoms with Gasteiger partial charge in [-0.2, -0.15) is 0 Å². The lowest BCUT2D eigenvalue weighted by atomic mass is 9.92. The van der Waals surface area contributed by atoms with Crippen molar-refractivity contribution in [2.45, 2.75) is 25.0 Å². The van der Waals surface area contributed by atoms with E-state index < -0.39 is 0 Å². The van der Waals surface area contributed by atoms with Crippen molar-refractivity contribution in [2.75, 3.05) is 7.11 Å². The van der Waals surface area contributed by atoms with E-state index in [4.69, 9.17) is 9.47 Å². The highest BCUT2D eigenvalue weighted by Gasteiger charge is 2.43. The molecule has 1 heterocycles. The predicted octanol–water partition coefficient (Wildman–Crippen LogP) is 2.08. The molecule has 2 heteroatoms. The second kappa shape index (κ2) is 2.48. The van der Waals surface area contributed by atoms with Gasteiger partial charge in [0.15, 0.2) is 0 Å². The summed E-state index contributed by atoms with van der Waals surface area (Å²) in [7, 11) is 1.71. The van der Waals surface area contributed by atoms with Gasteiger partial charge in [-0.25, -0.2) is 0 Å². The summed E-state index contributed by atoms with van der Waals surface area (Å²) in [4.78, 5) is 0. The van der Waals surface area contributed by atoms with Gasteiger partial charge in [-0.3, -0.25) is 0 Å². The SMILES string of the molecule is COc1ccc2c(c1)CCC1OC21. The highest BCUT2D eigenvalue weighted by atomic mass is 16.6. The molecule has 0 saturated carbocycles. The predicted molar refractivity (Wildman–Crippen MR) is 48.9 cm³/mol. The Morgan fingerprint density at radius 3 is 3.23 bits per heavy atom. The molecule has 1 aromatic rings. The van der Waals surface area contributed by atoms with Crippen LogP contribution in [0.5, 0.6) is 5.75 Å². The van der Waals surface area contributed by atoms with Crippen molar-refractivity contribution in [1.82, 2.24) is 0 Å². The number of aryl methyl sites for hydroxylation is 1. The van der Waals surface area contributed by atoms with Crippen molar-refractivity contribution in [3.8, 4) is 5.75 Å². The maximum Gasteiger partial charge on any atom is 0.119 e. The van der Waals surface area contributed by atoms with E-state index in [1.165, 1.54) is 17.5 Å². The summed E-state index contributed by atoms with van der Waals surface area (Å²) in [5.74, 6) is 0.956. The van der Waals surface area contributed by atoms with Gasteiger partial charge in [0.2, 0.25) is 0 Å². The number of benzene rings is 1. The van der Waals surface area contributed by atoms with Crippen molar-refractivity contribution in [1.29, 1.82) is 0 Å². The van der Waals surface area contributed by atoms with Crippen molar-refractivity contribution >= 4 is 0 Å². The van der Waals surface area contributed by atoms with Crippen LogP contribution in [-0.2, 0) is 11.2 Å². The maximum absolute atomic E-state index is 5.54. The number of rotatable bonds is 1. The van der Waals surface area contributed by atoms with Crippen LogP contribution in [0.15, 0.2) is 18.2 Å². The average molecular weight is 176 g/mol.